The summed E-state index contributed by atoms with van der Waals surface area (Å²) in [4.78, 5) is 35.2. The van der Waals surface area contributed by atoms with Gasteiger partial charge in [0.2, 0.25) is 6.41 Å². The predicted octanol–water partition coefficient (Wildman–Crippen LogP) is 1.13. The summed E-state index contributed by atoms with van der Waals surface area (Å²) in [6.07, 6.45) is -3.62. The number of carbonyl (C=O) groups excluding carboxylic acids is 3. The Morgan fingerprint density at radius 3 is 2.52 bits per heavy atom. The fourth-order valence-electron chi connectivity index (χ4n) is 2.30. The smallest absolute Gasteiger partial charge is 0.340 e. The van der Waals surface area contributed by atoms with Crippen LogP contribution < -0.4 is 10.9 Å². The second-order valence-corrected chi connectivity index (χ2v) is 6.53. The number of benzene rings is 1. The van der Waals surface area contributed by atoms with Crippen molar-refractivity contribution in [2.45, 2.75) is 18.6 Å². The normalized spacial score (nSPS) is 17.7. The first kappa shape index (κ1) is 19.1. The molecule has 1 atom stereocenters. The maximum Gasteiger partial charge on any atom is 0.472 e. The highest BCUT2D eigenvalue weighted by atomic mass is 32.2. The van der Waals surface area contributed by atoms with E-state index < -0.39 is 18.0 Å². The van der Waals surface area contributed by atoms with Crippen molar-refractivity contribution in [2.75, 3.05) is 18.1 Å². The van der Waals surface area contributed by atoms with Crippen LogP contribution in [0.4, 0.5) is 13.2 Å². The largest absolute Gasteiger partial charge is 0.472 e. The highest BCUT2D eigenvalue weighted by Crippen LogP contribution is 2.19. The molecule has 0 radical (unpaired) electrons. The van der Waals surface area contributed by atoms with Gasteiger partial charge in [-0.05, 0) is 24.1 Å². The number of hydrogen-bond donors (Lipinski definition) is 2. The van der Waals surface area contributed by atoms with E-state index in [2.05, 4.69) is 0 Å². The maximum absolute atomic E-state index is 12.0. The lowest BCUT2D eigenvalue weighted by Crippen LogP contribution is -2.47. The highest BCUT2D eigenvalue weighted by molar-refractivity contribution is 7.99. The van der Waals surface area contributed by atoms with Crippen molar-refractivity contribution < 1.29 is 27.6 Å². The van der Waals surface area contributed by atoms with Gasteiger partial charge in [-0.3, -0.25) is 25.2 Å². The zero-order chi connectivity index (χ0) is 18.4. The Morgan fingerprint density at radius 1 is 1.24 bits per heavy atom. The van der Waals surface area contributed by atoms with E-state index >= 15 is 0 Å². The van der Waals surface area contributed by atoms with Crippen LogP contribution in [0, 0.1) is 0 Å². The van der Waals surface area contributed by atoms with Gasteiger partial charge in [-0.15, -0.1) is 0 Å². The van der Waals surface area contributed by atoms with E-state index in [9.17, 15) is 27.6 Å². The Balaban J connectivity index is 1.91. The van der Waals surface area contributed by atoms with Crippen LogP contribution in [-0.2, 0) is 16.0 Å². The molecule has 1 unspecified atom stereocenters. The first-order valence-corrected chi connectivity index (χ1v) is 8.52. The van der Waals surface area contributed by atoms with Crippen molar-refractivity contribution in [1.82, 2.24) is 15.8 Å². The molecule has 25 heavy (non-hydrogen) atoms. The third-order valence-corrected chi connectivity index (χ3v) is 4.73. The zero-order valence-corrected chi connectivity index (χ0v) is 13.8. The monoisotopic (exact) mass is 375 g/mol. The number of nitrogens with zero attached hydrogens (tertiary/aromatic N) is 1. The number of hydrazine groups is 1. The fraction of sp³-hybridized carbons (Fsp3) is 0.400. The van der Waals surface area contributed by atoms with Gasteiger partial charge in [0.05, 0.1) is 0 Å². The Hall–Kier alpha value is -2.23. The first-order chi connectivity index (χ1) is 11.8. The quantitative estimate of drug-likeness (QED) is 0.611. The fourth-order valence-corrected chi connectivity index (χ4v) is 3.39. The van der Waals surface area contributed by atoms with Crippen molar-refractivity contribution in [3.8, 4) is 0 Å². The summed E-state index contributed by atoms with van der Waals surface area (Å²) < 4.78 is 36.1. The molecule has 1 aromatic carbocycles. The minimum atomic E-state index is -5.07. The van der Waals surface area contributed by atoms with E-state index in [-0.39, 0.29) is 11.6 Å². The molecule has 10 heteroatoms. The number of halogens is 3. The number of nitrogens with one attached hydrogen (secondary N) is 2. The molecule has 0 aliphatic carbocycles. The van der Waals surface area contributed by atoms with Crippen molar-refractivity contribution >= 4 is 30.0 Å². The average molecular weight is 375 g/mol. The molecule has 1 aliphatic rings. The van der Waals surface area contributed by atoms with Gasteiger partial charge in [0.1, 0.15) is 0 Å². The summed E-state index contributed by atoms with van der Waals surface area (Å²) in [6.45, 7) is 0.693. The van der Waals surface area contributed by atoms with Gasteiger partial charge in [-0.1, -0.05) is 12.1 Å². The van der Waals surface area contributed by atoms with Crippen molar-refractivity contribution in [3.63, 3.8) is 0 Å². The lowest BCUT2D eigenvalue weighted by Gasteiger charge is -2.32. The molecular weight excluding hydrogens is 359 g/mol. The molecule has 1 saturated heterocycles. The third kappa shape index (κ3) is 5.38. The predicted molar refractivity (Wildman–Crippen MR) is 85.7 cm³/mol. The number of carbonyl (C=O) groups is 3. The summed E-state index contributed by atoms with van der Waals surface area (Å²) in [5, 5.41) is 0. The molecule has 1 heterocycles. The summed E-state index contributed by atoms with van der Waals surface area (Å²) in [5.41, 5.74) is 4.01. The Bertz CT molecular complexity index is 637. The molecule has 0 bridgehead atoms. The molecule has 6 nitrogen and oxygen atoms in total. The molecule has 2 rings (SSSR count). The van der Waals surface area contributed by atoms with Crippen LogP contribution in [0.1, 0.15) is 15.9 Å². The second-order valence-electron chi connectivity index (χ2n) is 5.38. The standard InChI is InChI=1S/C15H16F3N3O3S/c16-15(17,18)14(24)20-19-13(23)11-3-1-10(2-4-11)7-12-8-25-6-5-21(12)9-22/h1-4,9,12H,5-8H2,(H,19,23)(H,20,24). The SMILES string of the molecule is O=CN1CCSCC1Cc1ccc(C(=O)NNC(=O)C(F)(F)F)cc1. The van der Waals surface area contributed by atoms with Crippen LogP contribution in [0.5, 0.6) is 0 Å². The van der Waals surface area contributed by atoms with Crippen LogP contribution >= 0.6 is 11.8 Å². The maximum atomic E-state index is 12.0. The van der Waals surface area contributed by atoms with Gasteiger partial charge in [0.25, 0.3) is 5.91 Å². The van der Waals surface area contributed by atoms with E-state index in [1.165, 1.54) is 17.6 Å². The van der Waals surface area contributed by atoms with Crippen LogP contribution in [-0.4, -0.2) is 53.4 Å². The van der Waals surface area contributed by atoms with Crippen molar-refractivity contribution in [3.05, 3.63) is 35.4 Å². The number of amides is 3. The van der Waals surface area contributed by atoms with Crippen LogP contribution in [0.25, 0.3) is 0 Å². The molecular formula is C15H16F3N3O3S. The number of rotatable bonds is 4. The van der Waals surface area contributed by atoms with Crippen LogP contribution in [0.15, 0.2) is 24.3 Å². The minimum Gasteiger partial charge on any atom is -0.340 e. The minimum absolute atomic E-state index is 0.0713. The molecule has 3 amide bonds. The molecule has 1 aliphatic heterocycles. The molecule has 1 aromatic rings. The molecule has 0 spiro atoms. The molecule has 2 N–H and O–H groups in total. The van der Waals surface area contributed by atoms with Gasteiger partial charge in [0.15, 0.2) is 0 Å². The van der Waals surface area contributed by atoms with Gasteiger partial charge < -0.3 is 4.90 Å². The van der Waals surface area contributed by atoms with Gasteiger partial charge in [-0.25, -0.2) is 0 Å². The summed E-state index contributed by atoms with van der Waals surface area (Å²) in [7, 11) is 0. The van der Waals surface area contributed by atoms with Gasteiger partial charge in [-0.2, -0.15) is 24.9 Å². The molecule has 0 aromatic heterocycles. The summed E-state index contributed by atoms with van der Waals surface area (Å²) in [5.74, 6) is -1.38. The lowest BCUT2D eigenvalue weighted by atomic mass is 10.0. The topological polar surface area (TPSA) is 78.5 Å². The highest BCUT2D eigenvalue weighted by Gasteiger charge is 2.39. The average Bonchev–Trinajstić information content (AvgIpc) is 2.59. The molecule has 0 saturated carbocycles. The Morgan fingerprint density at radius 2 is 1.92 bits per heavy atom. The van der Waals surface area contributed by atoms with E-state index in [4.69, 9.17) is 0 Å². The number of hydrogen-bond acceptors (Lipinski definition) is 4. The molecule has 1 fully saturated rings. The number of alkyl halides is 3. The van der Waals surface area contributed by atoms with E-state index in [0.717, 1.165) is 23.5 Å². The van der Waals surface area contributed by atoms with Crippen molar-refractivity contribution in [1.29, 1.82) is 0 Å². The Kier molecular flexibility index (Phi) is 6.29. The summed E-state index contributed by atoms with van der Waals surface area (Å²) in [6, 6.07) is 6.31. The van der Waals surface area contributed by atoms with Crippen LogP contribution in [0.3, 0.4) is 0 Å². The van der Waals surface area contributed by atoms with Crippen LogP contribution in [0.2, 0.25) is 0 Å². The second kappa shape index (κ2) is 8.24. The van der Waals surface area contributed by atoms with Crippen molar-refractivity contribution in [2.24, 2.45) is 0 Å². The number of thioether (sulfide) groups is 1. The lowest BCUT2D eigenvalue weighted by molar-refractivity contribution is -0.174. The van der Waals surface area contributed by atoms with E-state index in [1.807, 2.05) is 0 Å². The van der Waals surface area contributed by atoms with Gasteiger partial charge >= 0.3 is 12.1 Å². The first-order valence-electron chi connectivity index (χ1n) is 7.36. The van der Waals surface area contributed by atoms with E-state index in [0.29, 0.717) is 13.0 Å². The van der Waals surface area contributed by atoms with E-state index in [1.54, 1.807) is 34.2 Å². The molecule has 136 valence electrons. The van der Waals surface area contributed by atoms with Gasteiger partial charge in [0, 0.05) is 29.7 Å². The Labute approximate surface area is 146 Å². The zero-order valence-electron chi connectivity index (χ0n) is 13.0. The summed E-state index contributed by atoms with van der Waals surface area (Å²) >= 11 is 1.76. The third-order valence-electron chi connectivity index (χ3n) is 3.64.